The van der Waals surface area contributed by atoms with Crippen molar-refractivity contribution in [2.75, 3.05) is 19.7 Å². The van der Waals surface area contributed by atoms with Gasteiger partial charge in [0.05, 0.1) is 30.4 Å². The molecule has 2 aliphatic rings. The predicted molar refractivity (Wildman–Crippen MR) is 161 cm³/mol. The maximum absolute atomic E-state index is 13.2. The minimum atomic E-state index is -1.04. The molecule has 0 aliphatic carbocycles. The number of benzene rings is 2. The molecule has 0 radical (unpaired) electrons. The Labute approximate surface area is 258 Å². The maximum atomic E-state index is 13.2. The van der Waals surface area contributed by atoms with Crippen molar-refractivity contribution in [2.24, 2.45) is 0 Å². The molecule has 1 fully saturated rings. The summed E-state index contributed by atoms with van der Waals surface area (Å²) in [5, 5.41) is 9.41. The fourth-order valence-corrected chi connectivity index (χ4v) is 5.64. The minimum absolute atomic E-state index is 0.0348. The van der Waals surface area contributed by atoms with E-state index in [-0.39, 0.29) is 62.1 Å². The van der Waals surface area contributed by atoms with Crippen molar-refractivity contribution in [2.45, 2.75) is 38.0 Å². The molecule has 0 bridgehead atoms. The Morgan fingerprint density at radius 2 is 1.91 bits per heavy atom. The van der Waals surface area contributed by atoms with Gasteiger partial charge in [0.1, 0.15) is 17.4 Å². The topological polar surface area (TPSA) is 160 Å². The molecule has 230 valence electrons. The lowest BCUT2D eigenvalue weighted by molar-refractivity contribution is -0.136. The Balaban J connectivity index is 0.981. The highest BCUT2D eigenvalue weighted by Crippen LogP contribution is 2.31. The van der Waals surface area contributed by atoms with Crippen LogP contribution in [0, 0.1) is 0 Å². The second kappa shape index (κ2) is 13.2. The highest BCUT2D eigenvalue weighted by molar-refractivity contribution is 6.24. The number of nitrogens with one attached hydrogen (secondary N) is 3. The number of carbonyl (C=O) groups is 5. The maximum Gasteiger partial charge on any atom is 0.262 e. The number of aromatic nitrogens is 1. The number of imide groups is 2. The summed E-state index contributed by atoms with van der Waals surface area (Å²) in [4.78, 5) is 67.8. The lowest BCUT2D eigenvalue weighted by atomic mass is 10.0. The molecule has 2 atom stereocenters. The van der Waals surface area contributed by atoms with Crippen LogP contribution in [-0.2, 0) is 25.7 Å². The van der Waals surface area contributed by atoms with Crippen LogP contribution < -0.4 is 16.0 Å². The summed E-state index contributed by atoms with van der Waals surface area (Å²) < 4.78 is 11.8. The van der Waals surface area contributed by atoms with E-state index in [9.17, 15) is 24.0 Å². The van der Waals surface area contributed by atoms with Crippen molar-refractivity contribution in [1.29, 1.82) is 0 Å². The van der Waals surface area contributed by atoms with E-state index in [0.717, 1.165) is 27.2 Å². The number of rotatable bonds is 12. The molecule has 2 aliphatic heterocycles. The van der Waals surface area contributed by atoms with E-state index in [1.54, 1.807) is 24.5 Å². The number of carbonyl (C=O) groups excluding carboxylic acids is 5. The Morgan fingerprint density at radius 1 is 1.04 bits per heavy atom. The van der Waals surface area contributed by atoms with Crippen LogP contribution in [0.1, 0.15) is 62.9 Å². The van der Waals surface area contributed by atoms with Crippen molar-refractivity contribution in [3.05, 3.63) is 101 Å². The van der Waals surface area contributed by atoms with Crippen LogP contribution in [0.2, 0.25) is 0 Å². The molecule has 0 saturated carbocycles. The molecule has 2 aromatic heterocycles. The summed E-state index contributed by atoms with van der Waals surface area (Å²) in [6, 6.07) is 17.1. The van der Waals surface area contributed by atoms with Gasteiger partial charge in [0, 0.05) is 43.7 Å². The fraction of sp³-hybridized carbons (Fsp3) is 0.273. The molecule has 1 saturated heterocycles. The summed E-state index contributed by atoms with van der Waals surface area (Å²) in [7, 11) is 0. The van der Waals surface area contributed by atoms with Crippen molar-refractivity contribution >= 4 is 40.5 Å². The van der Waals surface area contributed by atoms with Gasteiger partial charge >= 0.3 is 0 Å². The van der Waals surface area contributed by atoms with E-state index in [0.29, 0.717) is 12.1 Å². The Morgan fingerprint density at radius 3 is 2.71 bits per heavy atom. The highest BCUT2D eigenvalue weighted by atomic mass is 16.5. The molecule has 12 nitrogen and oxygen atoms in total. The van der Waals surface area contributed by atoms with Crippen LogP contribution in [-0.4, -0.2) is 65.2 Å². The predicted octanol–water partition coefficient (Wildman–Crippen LogP) is 2.63. The summed E-state index contributed by atoms with van der Waals surface area (Å²) in [6.07, 6.45) is 3.82. The van der Waals surface area contributed by atoms with Crippen molar-refractivity contribution in [3.8, 4) is 0 Å². The van der Waals surface area contributed by atoms with E-state index in [1.807, 2.05) is 42.5 Å². The molecule has 2 aromatic carbocycles. The number of para-hydroxylation sites is 1. The molecule has 3 N–H and O–H groups in total. The number of hydrogen-bond acceptors (Lipinski definition) is 9. The number of nitrogens with zero attached hydrogens (tertiary/aromatic N) is 2. The average molecular weight is 610 g/mol. The molecule has 2 unspecified atom stereocenters. The number of furan rings is 1. The molecular weight excluding hydrogens is 578 g/mol. The van der Waals surface area contributed by atoms with Gasteiger partial charge < -0.3 is 19.8 Å². The lowest BCUT2D eigenvalue weighted by Gasteiger charge is -2.27. The van der Waals surface area contributed by atoms with Gasteiger partial charge in [-0.1, -0.05) is 36.4 Å². The van der Waals surface area contributed by atoms with Gasteiger partial charge in [-0.25, -0.2) is 0 Å². The van der Waals surface area contributed by atoms with Crippen LogP contribution in [0.4, 0.5) is 0 Å². The van der Waals surface area contributed by atoms with E-state index in [1.165, 1.54) is 6.07 Å². The van der Waals surface area contributed by atoms with Gasteiger partial charge in [-0.15, -0.1) is 0 Å². The molecule has 12 heteroatoms. The van der Waals surface area contributed by atoms with Crippen molar-refractivity contribution < 1.29 is 33.1 Å². The van der Waals surface area contributed by atoms with Gasteiger partial charge in [-0.2, -0.15) is 0 Å². The molecule has 4 aromatic rings. The molecule has 45 heavy (non-hydrogen) atoms. The zero-order chi connectivity index (χ0) is 31.3. The second-order valence-corrected chi connectivity index (χ2v) is 10.8. The first-order chi connectivity index (χ1) is 21.9. The van der Waals surface area contributed by atoms with Gasteiger partial charge in [0.2, 0.25) is 17.7 Å². The standard InChI is InChI=1S/C33H31N5O7/c39-27(12-14-36-30(21-7-4-13-34-18-21)26-17-20-5-1-2-9-25(20)45-26)35-15-16-44-19-22-6-3-8-23-29(22)33(43)38(32(23)42)24-10-11-28(40)37-31(24)41/h1-9,13,17-18,24,30,36H,10-12,14-16,19H2,(H,35,39)(H,37,40,41). The average Bonchev–Trinajstić information content (AvgIpc) is 3.58. The molecule has 4 heterocycles. The first-order valence-corrected chi connectivity index (χ1v) is 14.7. The Bertz CT molecular complexity index is 1740. The van der Waals surface area contributed by atoms with Gasteiger partial charge in [0.25, 0.3) is 11.8 Å². The summed E-state index contributed by atoms with van der Waals surface area (Å²) >= 11 is 0. The normalized spacial score (nSPS) is 17.0. The number of hydrogen-bond donors (Lipinski definition) is 3. The lowest BCUT2D eigenvalue weighted by Crippen LogP contribution is -2.54. The molecule has 0 spiro atoms. The van der Waals surface area contributed by atoms with E-state index < -0.39 is 29.7 Å². The fourth-order valence-electron chi connectivity index (χ4n) is 5.64. The van der Waals surface area contributed by atoms with Gasteiger partial charge in [-0.3, -0.25) is 39.2 Å². The Kier molecular flexibility index (Phi) is 8.76. The minimum Gasteiger partial charge on any atom is -0.459 e. The van der Waals surface area contributed by atoms with Crippen LogP contribution in [0.15, 0.2) is 77.5 Å². The summed E-state index contributed by atoms with van der Waals surface area (Å²) in [5.74, 6) is -1.68. The number of fused-ring (bicyclic) bond motifs is 2. The van der Waals surface area contributed by atoms with Crippen LogP contribution >= 0.6 is 0 Å². The van der Waals surface area contributed by atoms with E-state index in [2.05, 4.69) is 20.9 Å². The zero-order valence-corrected chi connectivity index (χ0v) is 24.3. The number of piperidine rings is 1. The van der Waals surface area contributed by atoms with Crippen LogP contribution in [0.3, 0.4) is 0 Å². The zero-order valence-electron chi connectivity index (χ0n) is 24.3. The molecule has 6 rings (SSSR count). The molecule has 5 amide bonds. The monoisotopic (exact) mass is 609 g/mol. The van der Waals surface area contributed by atoms with Crippen LogP contribution in [0.5, 0.6) is 0 Å². The van der Waals surface area contributed by atoms with E-state index in [4.69, 9.17) is 9.15 Å². The van der Waals surface area contributed by atoms with Gasteiger partial charge in [-0.05, 0) is 41.8 Å². The van der Waals surface area contributed by atoms with Crippen molar-refractivity contribution in [1.82, 2.24) is 25.8 Å². The van der Waals surface area contributed by atoms with Crippen LogP contribution in [0.25, 0.3) is 11.0 Å². The third kappa shape index (κ3) is 6.37. The largest absolute Gasteiger partial charge is 0.459 e. The Hall–Kier alpha value is -5.20. The number of amides is 5. The SMILES string of the molecule is O=C(CCNC(c1cccnc1)c1cc2ccccc2o1)NCCOCc1cccc2c1C(=O)N(C1CCC(=O)NC1=O)C2=O. The number of ether oxygens (including phenoxy) is 1. The molecular formula is C33H31N5O7. The second-order valence-electron chi connectivity index (χ2n) is 10.8. The summed E-state index contributed by atoms with van der Waals surface area (Å²) in [6.45, 7) is 0.851. The van der Waals surface area contributed by atoms with E-state index >= 15 is 0 Å². The third-order valence-corrected chi connectivity index (χ3v) is 7.83. The highest BCUT2D eigenvalue weighted by Gasteiger charge is 2.45. The van der Waals surface area contributed by atoms with Gasteiger partial charge in [0.15, 0.2) is 0 Å². The first-order valence-electron chi connectivity index (χ1n) is 14.7. The number of pyridine rings is 1. The third-order valence-electron chi connectivity index (χ3n) is 7.83. The smallest absolute Gasteiger partial charge is 0.262 e. The first kappa shape index (κ1) is 29.9. The quantitative estimate of drug-likeness (QED) is 0.162. The van der Waals surface area contributed by atoms with Crippen molar-refractivity contribution in [3.63, 3.8) is 0 Å². The summed E-state index contributed by atoms with van der Waals surface area (Å²) in [5.41, 5.74) is 2.58.